The maximum absolute atomic E-state index is 13.0. The van der Waals surface area contributed by atoms with Crippen molar-refractivity contribution in [3.63, 3.8) is 0 Å². The summed E-state index contributed by atoms with van der Waals surface area (Å²) in [5.74, 6) is 1.43. The summed E-state index contributed by atoms with van der Waals surface area (Å²) in [4.78, 5) is 12.3. The van der Waals surface area contributed by atoms with Gasteiger partial charge in [-0.05, 0) is 35.9 Å². The van der Waals surface area contributed by atoms with Crippen LogP contribution in [0.25, 0.3) is 11.5 Å². The Morgan fingerprint density at radius 3 is 2.78 bits per heavy atom. The van der Waals surface area contributed by atoms with Gasteiger partial charge in [-0.3, -0.25) is 4.79 Å². The van der Waals surface area contributed by atoms with Crippen molar-refractivity contribution in [2.75, 3.05) is 6.79 Å². The minimum absolute atomic E-state index is 0.192. The number of benzene rings is 2. The Hall–Kier alpha value is -3.51. The SMILES string of the molecule is O=C(NCc1ccc(F)cc1)c1nnc(CSc2nnc(-c3ccc4c(c3)OCO4)o2)s1. The van der Waals surface area contributed by atoms with Gasteiger partial charge in [0.2, 0.25) is 17.7 Å². The predicted molar refractivity (Wildman–Crippen MR) is 113 cm³/mol. The molecular formula is C20H14FN5O4S2. The number of hydrogen-bond donors (Lipinski definition) is 1. The molecule has 0 spiro atoms. The third-order valence-electron chi connectivity index (χ3n) is 4.37. The average molecular weight is 471 g/mol. The zero-order valence-electron chi connectivity index (χ0n) is 16.3. The van der Waals surface area contributed by atoms with Gasteiger partial charge >= 0.3 is 0 Å². The highest BCUT2D eigenvalue weighted by Gasteiger charge is 2.18. The first-order valence-corrected chi connectivity index (χ1v) is 11.2. The Morgan fingerprint density at radius 2 is 1.91 bits per heavy atom. The second-order valence-corrected chi connectivity index (χ2v) is 8.53. The topological polar surface area (TPSA) is 112 Å². The number of halogens is 1. The number of nitrogens with zero attached hydrogens (tertiary/aromatic N) is 4. The van der Waals surface area contributed by atoms with E-state index in [1.54, 1.807) is 24.3 Å². The summed E-state index contributed by atoms with van der Waals surface area (Å²) < 4.78 is 29.3. The number of thioether (sulfide) groups is 1. The van der Waals surface area contributed by atoms with Crippen LogP contribution in [0.15, 0.2) is 52.1 Å². The number of fused-ring (bicyclic) bond motifs is 1. The van der Waals surface area contributed by atoms with Crippen LogP contribution in [0.3, 0.4) is 0 Å². The lowest BCUT2D eigenvalue weighted by Gasteiger charge is -2.02. The smallest absolute Gasteiger partial charge is 0.282 e. The van der Waals surface area contributed by atoms with E-state index in [1.807, 2.05) is 6.07 Å². The maximum Gasteiger partial charge on any atom is 0.282 e. The zero-order valence-corrected chi connectivity index (χ0v) is 17.9. The van der Waals surface area contributed by atoms with Crippen LogP contribution in [-0.4, -0.2) is 33.1 Å². The van der Waals surface area contributed by atoms with Crippen LogP contribution in [0.1, 0.15) is 20.4 Å². The number of ether oxygens (including phenoxy) is 2. The van der Waals surface area contributed by atoms with E-state index in [9.17, 15) is 9.18 Å². The average Bonchev–Trinajstić information content (AvgIpc) is 3.57. The molecule has 12 heteroatoms. The largest absolute Gasteiger partial charge is 0.454 e. The molecule has 9 nitrogen and oxygen atoms in total. The Morgan fingerprint density at radius 1 is 1.06 bits per heavy atom. The summed E-state index contributed by atoms with van der Waals surface area (Å²) >= 11 is 2.47. The first kappa shape index (κ1) is 20.4. The summed E-state index contributed by atoms with van der Waals surface area (Å²) in [6.45, 7) is 0.464. The monoisotopic (exact) mass is 471 g/mol. The number of aromatic nitrogens is 4. The molecule has 2 aromatic carbocycles. The van der Waals surface area contributed by atoms with Gasteiger partial charge in [0.15, 0.2) is 11.5 Å². The Bertz CT molecular complexity index is 1260. The predicted octanol–water partition coefficient (Wildman–Crippen LogP) is 3.68. The van der Waals surface area contributed by atoms with Gasteiger partial charge in [-0.2, -0.15) is 0 Å². The van der Waals surface area contributed by atoms with Crippen LogP contribution in [0.2, 0.25) is 0 Å². The molecule has 0 saturated carbocycles. The minimum atomic E-state index is -0.342. The van der Waals surface area contributed by atoms with Crippen molar-refractivity contribution >= 4 is 29.0 Å². The molecule has 0 unspecified atom stereocenters. The summed E-state index contributed by atoms with van der Waals surface area (Å²) in [7, 11) is 0. The van der Waals surface area contributed by atoms with Gasteiger partial charge in [-0.25, -0.2) is 4.39 Å². The molecule has 1 amide bonds. The Balaban J connectivity index is 1.16. The van der Waals surface area contributed by atoms with Crippen molar-refractivity contribution in [3.05, 3.63) is 63.9 Å². The highest BCUT2D eigenvalue weighted by Crippen LogP contribution is 2.36. The molecule has 5 rings (SSSR count). The first-order chi connectivity index (χ1) is 15.6. The van der Waals surface area contributed by atoms with E-state index in [0.29, 0.717) is 33.4 Å². The normalized spacial score (nSPS) is 12.2. The molecule has 4 aromatic rings. The summed E-state index contributed by atoms with van der Waals surface area (Å²) in [5, 5.41) is 20.1. The number of carbonyl (C=O) groups excluding carboxylic acids is 1. The van der Waals surface area contributed by atoms with Crippen molar-refractivity contribution in [3.8, 4) is 23.0 Å². The number of amides is 1. The molecule has 0 bridgehead atoms. The van der Waals surface area contributed by atoms with Gasteiger partial charge in [0.25, 0.3) is 11.1 Å². The van der Waals surface area contributed by atoms with Crippen molar-refractivity contribution in [2.45, 2.75) is 17.5 Å². The molecule has 0 fully saturated rings. The zero-order chi connectivity index (χ0) is 21.9. The van der Waals surface area contributed by atoms with Crippen molar-refractivity contribution in [1.82, 2.24) is 25.7 Å². The molecular weight excluding hydrogens is 457 g/mol. The van der Waals surface area contributed by atoms with Crippen molar-refractivity contribution in [1.29, 1.82) is 0 Å². The van der Waals surface area contributed by atoms with E-state index >= 15 is 0 Å². The van der Waals surface area contributed by atoms with Crippen LogP contribution in [0.4, 0.5) is 4.39 Å². The maximum atomic E-state index is 13.0. The molecule has 0 atom stereocenters. The van der Waals surface area contributed by atoms with Crippen molar-refractivity contribution < 1.29 is 23.1 Å². The van der Waals surface area contributed by atoms with Gasteiger partial charge in [0.05, 0.1) is 5.75 Å². The third-order valence-corrected chi connectivity index (χ3v) is 6.31. The lowest BCUT2D eigenvalue weighted by atomic mass is 10.2. The molecule has 32 heavy (non-hydrogen) atoms. The number of hydrogen-bond acceptors (Lipinski definition) is 10. The fourth-order valence-corrected chi connectivity index (χ4v) is 4.31. The summed E-state index contributed by atoms with van der Waals surface area (Å²) in [6.07, 6.45) is 0. The fourth-order valence-electron chi connectivity index (χ4n) is 2.80. The lowest BCUT2D eigenvalue weighted by molar-refractivity contribution is 0.0950. The van der Waals surface area contributed by atoms with Gasteiger partial charge in [0.1, 0.15) is 10.8 Å². The molecule has 162 valence electrons. The Kier molecular flexibility index (Phi) is 5.69. The highest BCUT2D eigenvalue weighted by atomic mass is 32.2. The van der Waals surface area contributed by atoms with Gasteiger partial charge in [0, 0.05) is 12.1 Å². The molecule has 0 saturated heterocycles. The van der Waals surface area contributed by atoms with E-state index in [-0.39, 0.29) is 30.1 Å². The van der Waals surface area contributed by atoms with E-state index < -0.39 is 0 Å². The molecule has 0 radical (unpaired) electrons. The van der Waals surface area contributed by atoms with Crippen LogP contribution in [-0.2, 0) is 12.3 Å². The highest BCUT2D eigenvalue weighted by molar-refractivity contribution is 7.98. The van der Waals surface area contributed by atoms with Gasteiger partial charge in [-0.15, -0.1) is 20.4 Å². The number of nitrogens with one attached hydrogen (secondary N) is 1. The first-order valence-electron chi connectivity index (χ1n) is 9.35. The molecule has 2 aromatic heterocycles. The van der Waals surface area contributed by atoms with Gasteiger partial charge in [-0.1, -0.05) is 35.2 Å². The number of carbonyl (C=O) groups is 1. The van der Waals surface area contributed by atoms with E-state index in [2.05, 4.69) is 25.7 Å². The second-order valence-electron chi connectivity index (χ2n) is 6.54. The minimum Gasteiger partial charge on any atom is -0.454 e. The van der Waals surface area contributed by atoms with Crippen LogP contribution < -0.4 is 14.8 Å². The van der Waals surface area contributed by atoms with E-state index in [0.717, 1.165) is 11.1 Å². The van der Waals surface area contributed by atoms with E-state index in [1.165, 1.54) is 35.2 Å². The molecule has 1 N–H and O–H groups in total. The fraction of sp³-hybridized carbons (Fsp3) is 0.150. The molecule has 3 heterocycles. The van der Waals surface area contributed by atoms with Crippen molar-refractivity contribution in [2.24, 2.45) is 0 Å². The number of rotatable bonds is 7. The molecule has 1 aliphatic heterocycles. The molecule has 0 aliphatic carbocycles. The quantitative estimate of drug-likeness (QED) is 0.403. The van der Waals surface area contributed by atoms with E-state index in [4.69, 9.17) is 13.9 Å². The Labute approximate surface area is 189 Å². The van der Waals surface area contributed by atoms with Gasteiger partial charge < -0.3 is 19.2 Å². The third kappa shape index (κ3) is 4.55. The summed E-state index contributed by atoms with van der Waals surface area (Å²) in [6, 6.07) is 11.3. The van der Waals surface area contributed by atoms with Crippen LogP contribution >= 0.6 is 23.1 Å². The lowest BCUT2D eigenvalue weighted by Crippen LogP contribution is -2.22. The second kappa shape index (κ2) is 8.93. The van der Waals surface area contributed by atoms with Crippen LogP contribution in [0.5, 0.6) is 11.5 Å². The van der Waals surface area contributed by atoms with Crippen LogP contribution in [0, 0.1) is 5.82 Å². The molecule has 1 aliphatic rings. The standard InChI is InChI=1S/C20H14FN5O4S2/c21-13-4-1-11(2-5-13)8-22-17(27)19-25-23-16(32-19)9-31-20-26-24-18(30-20)12-3-6-14-15(7-12)29-10-28-14/h1-7H,8-10H2,(H,22,27). The summed E-state index contributed by atoms with van der Waals surface area (Å²) in [5.41, 5.74) is 1.51.